The number of amides is 1. The molecule has 0 spiro atoms. The molecule has 1 aliphatic rings. The van der Waals surface area contributed by atoms with Crippen molar-refractivity contribution in [2.75, 3.05) is 31.2 Å². The Morgan fingerprint density at radius 2 is 1.86 bits per heavy atom. The second kappa shape index (κ2) is 8.24. The number of carbonyl (C=O) groups is 1. The van der Waals surface area contributed by atoms with E-state index in [2.05, 4.69) is 15.2 Å². The lowest BCUT2D eigenvalue weighted by molar-refractivity contribution is 0.0950. The number of imidazole rings is 2. The third-order valence-electron chi connectivity index (χ3n) is 6.53. The Morgan fingerprint density at radius 3 is 2.60 bits per heavy atom. The molecule has 0 radical (unpaired) electrons. The van der Waals surface area contributed by atoms with Gasteiger partial charge in [0.1, 0.15) is 17.0 Å². The Bertz CT molecular complexity index is 1660. The second-order valence-electron chi connectivity index (χ2n) is 8.76. The molecule has 0 bridgehead atoms. The quantitative estimate of drug-likeness (QED) is 0.430. The molecule has 0 unspecified atom stereocenters. The first-order valence-electron chi connectivity index (χ1n) is 11.5. The van der Waals surface area contributed by atoms with Crippen LogP contribution >= 0.6 is 0 Å². The summed E-state index contributed by atoms with van der Waals surface area (Å²) in [7, 11) is 3.73. The van der Waals surface area contributed by atoms with Gasteiger partial charge in [0.25, 0.3) is 5.91 Å². The number of nitrogens with one attached hydrogen (secondary N) is 1. The highest BCUT2D eigenvalue weighted by Crippen LogP contribution is 2.27. The van der Waals surface area contributed by atoms with Crippen molar-refractivity contribution >= 4 is 39.4 Å². The lowest BCUT2D eigenvalue weighted by Crippen LogP contribution is -2.37. The minimum Gasteiger partial charge on any atom is -0.378 e. The highest BCUT2D eigenvalue weighted by Gasteiger charge is 2.25. The molecule has 35 heavy (non-hydrogen) atoms. The number of fused-ring (bicyclic) bond motifs is 5. The smallest absolute Gasteiger partial charge is 0.259 e. The summed E-state index contributed by atoms with van der Waals surface area (Å²) in [4.78, 5) is 38.5. The van der Waals surface area contributed by atoms with E-state index < -0.39 is 5.91 Å². The number of anilines is 1. The fraction of sp³-hybridized carbons (Fsp3) is 0.280. The van der Waals surface area contributed by atoms with Gasteiger partial charge in [-0.1, -0.05) is 12.1 Å². The van der Waals surface area contributed by atoms with Crippen LogP contribution in [-0.2, 0) is 25.4 Å². The van der Waals surface area contributed by atoms with Crippen LogP contribution in [0.25, 0.3) is 27.7 Å². The van der Waals surface area contributed by atoms with E-state index in [4.69, 9.17) is 9.72 Å². The molecule has 1 amide bonds. The van der Waals surface area contributed by atoms with Crippen molar-refractivity contribution < 1.29 is 9.53 Å². The van der Waals surface area contributed by atoms with Crippen molar-refractivity contribution in [1.29, 1.82) is 0 Å². The number of benzene rings is 1. The van der Waals surface area contributed by atoms with Gasteiger partial charge in [0, 0.05) is 33.4 Å². The van der Waals surface area contributed by atoms with Crippen LogP contribution in [0.5, 0.6) is 0 Å². The van der Waals surface area contributed by atoms with Crippen LogP contribution < -0.4 is 15.6 Å². The molecule has 0 saturated carbocycles. The monoisotopic (exact) mass is 471 g/mol. The molecule has 5 heterocycles. The van der Waals surface area contributed by atoms with Crippen LogP contribution in [0.15, 0.2) is 53.7 Å². The maximum atomic E-state index is 13.7. The van der Waals surface area contributed by atoms with Crippen molar-refractivity contribution in [2.45, 2.75) is 6.54 Å². The summed E-state index contributed by atoms with van der Waals surface area (Å²) < 4.78 is 11.1. The fourth-order valence-electron chi connectivity index (χ4n) is 4.82. The van der Waals surface area contributed by atoms with Crippen LogP contribution in [0.4, 0.5) is 5.82 Å². The van der Waals surface area contributed by atoms with Gasteiger partial charge in [-0.3, -0.25) is 14.0 Å². The Balaban J connectivity index is 1.58. The first-order chi connectivity index (χ1) is 17.0. The molecule has 1 fully saturated rings. The van der Waals surface area contributed by atoms with Crippen molar-refractivity contribution in [1.82, 2.24) is 28.8 Å². The molecular formula is C25H25N7O3. The van der Waals surface area contributed by atoms with E-state index >= 15 is 0 Å². The number of para-hydroxylation sites is 2. The number of pyridine rings is 2. The molecule has 6 rings (SSSR count). The molecule has 178 valence electrons. The van der Waals surface area contributed by atoms with Crippen LogP contribution in [0, 0.1) is 0 Å². The summed E-state index contributed by atoms with van der Waals surface area (Å²) in [5.74, 6) is 0.345. The molecule has 1 aliphatic heterocycles. The maximum absolute atomic E-state index is 13.7. The summed E-state index contributed by atoms with van der Waals surface area (Å²) in [5.41, 5.74) is 3.28. The molecule has 5 aromatic rings. The van der Waals surface area contributed by atoms with E-state index in [1.165, 1.54) is 0 Å². The number of hydrogen-bond donors (Lipinski definition) is 1. The molecule has 1 saturated heterocycles. The van der Waals surface area contributed by atoms with Gasteiger partial charge in [0.15, 0.2) is 5.65 Å². The summed E-state index contributed by atoms with van der Waals surface area (Å²) in [6, 6.07) is 11.5. The number of ether oxygens (including phenoxy) is 1. The number of aryl methyl sites for hydroxylation is 2. The van der Waals surface area contributed by atoms with Crippen LogP contribution in [-0.4, -0.2) is 55.7 Å². The third-order valence-corrected chi connectivity index (χ3v) is 6.53. The number of carbonyl (C=O) groups excluding carboxylic acids is 1. The van der Waals surface area contributed by atoms with Gasteiger partial charge in [-0.25, -0.2) is 9.97 Å². The van der Waals surface area contributed by atoms with Crippen LogP contribution in [0.2, 0.25) is 0 Å². The Kier molecular flexibility index (Phi) is 5.03. The predicted octanol–water partition coefficient (Wildman–Crippen LogP) is 1.84. The largest absolute Gasteiger partial charge is 0.378 e. The molecule has 1 aromatic carbocycles. The van der Waals surface area contributed by atoms with Gasteiger partial charge in [0.05, 0.1) is 48.2 Å². The summed E-state index contributed by atoms with van der Waals surface area (Å²) >= 11 is 0. The van der Waals surface area contributed by atoms with E-state index in [0.717, 1.165) is 29.9 Å². The zero-order chi connectivity index (χ0) is 24.1. The number of morpholine rings is 1. The SMILES string of the molecule is Cn1cnc(CNC(=O)c2c(=O)c3ccc(N4CCOCC4)nc3n3c4ccccc4n(C)c23)c1. The first kappa shape index (κ1) is 21.4. The highest BCUT2D eigenvalue weighted by molar-refractivity contribution is 6.05. The van der Waals surface area contributed by atoms with Gasteiger partial charge >= 0.3 is 0 Å². The Hall–Kier alpha value is -4.18. The summed E-state index contributed by atoms with van der Waals surface area (Å²) in [5, 5.41) is 3.28. The molecule has 10 nitrogen and oxygen atoms in total. The highest BCUT2D eigenvalue weighted by atomic mass is 16.5. The van der Waals surface area contributed by atoms with Crippen molar-refractivity contribution in [3.8, 4) is 0 Å². The van der Waals surface area contributed by atoms with E-state index in [0.29, 0.717) is 35.6 Å². The summed E-state index contributed by atoms with van der Waals surface area (Å²) in [6.07, 6.45) is 3.50. The minimum absolute atomic E-state index is 0.0908. The van der Waals surface area contributed by atoms with Crippen molar-refractivity contribution in [3.63, 3.8) is 0 Å². The van der Waals surface area contributed by atoms with Gasteiger partial charge in [-0.2, -0.15) is 0 Å². The molecular weight excluding hydrogens is 446 g/mol. The number of rotatable bonds is 4. The van der Waals surface area contributed by atoms with Gasteiger partial charge in [-0.15, -0.1) is 0 Å². The number of hydrogen-bond acceptors (Lipinski definition) is 6. The molecule has 4 aromatic heterocycles. The van der Waals surface area contributed by atoms with Gasteiger partial charge in [0.2, 0.25) is 5.43 Å². The number of aromatic nitrogens is 5. The third kappa shape index (κ3) is 3.45. The molecule has 0 atom stereocenters. The molecule has 0 aliphatic carbocycles. The molecule has 10 heteroatoms. The van der Waals surface area contributed by atoms with Crippen LogP contribution in [0.3, 0.4) is 0 Å². The van der Waals surface area contributed by atoms with Gasteiger partial charge in [-0.05, 0) is 24.3 Å². The Morgan fingerprint density at radius 1 is 1.09 bits per heavy atom. The average Bonchev–Trinajstić information content (AvgIpc) is 3.44. The summed E-state index contributed by atoms with van der Waals surface area (Å²) in [6.45, 7) is 2.97. The van der Waals surface area contributed by atoms with E-state index in [9.17, 15) is 9.59 Å². The Labute approximate surface area is 200 Å². The van der Waals surface area contributed by atoms with Crippen molar-refractivity contribution in [3.05, 3.63) is 70.4 Å². The van der Waals surface area contributed by atoms with E-state index in [1.54, 1.807) is 12.4 Å². The number of nitrogens with zero attached hydrogens (tertiary/aromatic N) is 6. The normalized spacial score (nSPS) is 14.3. The average molecular weight is 472 g/mol. The lowest BCUT2D eigenvalue weighted by Gasteiger charge is -2.28. The topological polar surface area (TPSA) is 98.7 Å². The van der Waals surface area contributed by atoms with Gasteiger partial charge < -0.3 is 24.1 Å². The zero-order valence-corrected chi connectivity index (χ0v) is 19.6. The molecule has 1 N–H and O–H groups in total. The maximum Gasteiger partial charge on any atom is 0.259 e. The predicted molar refractivity (Wildman–Crippen MR) is 133 cm³/mol. The fourth-order valence-corrected chi connectivity index (χ4v) is 4.82. The zero-order valence-electron chi connectivity index (χ0n) is 19.6. The van der Waals surface area contributed by atoms with E-state index in [1.807, 2.05) is 64.2 Å². The van der Waals surface area contributed by atoms with E-state index in [-0.39, 0.29) is 17.5 Å². The lowest BCUT2D eigenvalue weighted by atomic mass is 10.1. The first-order valence-corrected chi connectivity index (χ1v) is 11.5. The standard InChI is InChI=1S/C25H25N7O3/c1-29-14-16(27-15-29)13-26-24(34)21-22(33)17-7-8-20(31-9-11-35-12-10-31)28-23(17)32-19-6-4-3-5-18(19)30(2)25(21)32/h3-8,14-15H,9-13H2,1-2H3,(H,26,34). The van der Waals surface area contributed by atoms with Crippen LogP contribution in [0.1, 0.15) is 16.1 Å². The van der Waals surface area contributed by atoms with Crippen molar-refractivity contribution in [2.24, 2.45) is 14.1 Å². The minimum atomic E-state index is -0.441. The second-order valence-corrected chi connectivity index (χ2v) is 8.76.